The third kappa shape index (κ3) is 4.10. The lowest BCUT2D eigenvalue weighted by Gasteiger charge is -2.11. The molecule has 166 valence electrons. The van der Waals surface area contributed by atoms with Crippen molar-refractivity contribution in [3.63, 3.8) is 0 Å². The van der Waals surface area contributed by atoms with Crippen LogP contribution in [0.2, 0.25) is 5.02 Å². The van der Waals surface area contributed by atoms with Crippen LogP contribution >= 0.6 is 11.6 Å². The highest BCUT2D eigenvalue weighted by Gasteiger charge is 2.20. The Kier molecular flexibility index (Phi) is 5.40. The number of ether oxygens (including phenoxy) is 2. The van der Waals surface area contributed by atoms with Gasteiger partial charge in [0.15, 0.2) is 17.3 Å². The number of carbonyl (C=O) groups excluding carboxylic acids is 2. The summed E-state index contributed by atoms with van der Waals surface area (Å²) in [6.45, 7) is 2.28. The smallest absolute Gasteiger partial charge is 0.291 e. The molecule has 0 unspecified atom stereocenters. The molecule has 1 aliphatic heterocycles. The normalized spacial score (nSPS) is 12.1. The summed E-state index contributed by atoms with van der Waals surface area (Å²) in [6.07, 6.45) is 0. The van der Waals surface area contributed by atoms with E-state index in [4.69, 9.17) is 25.5 Å². The fraction of sp³-hybridized carbons (Fsp3) is 0.120. The van der Waals surface area contributed by atoms with Crippen LogP contribution in [0, 0.1) is 6.92 Å². The molecule has 0 bridgehead atoms. The number of aryl methyl sites for hydroxylation is 1. The number of carbonyl (C=O) groups is 2. The summed E-state index contributed by atoms with van der Waals surface area (Å²) in [7, 11) is 0. The Morgan fingerprint density at radius 1 is 0.970 bits per heavy atom. The first-order chi connectivity index (χ1) is 16.0. The summed E-state index contributed by atoms with van der Waals surface area (Å²) in [4.78, 5) is 25.8. The van der Waals surface area contributed by atoms with E-state index in [0.717, 1.165) is 10.9 Å². The molecule has 2 amide bonds. The monoisotopic (exact) mass is 462 g/mol. The first-order valence-corrected chi connectivity index (χ1v) is 10.6. The number of benzene rings is 3. The molecule has 0 saturated heterocycles. The molecule has 8 heteroatoms. The first-order valence-electron chi connectivity index (χ1n) is 10.3. The number of halogens is 1. The molecule has 0 saturated carbocycles. The van der Waals surface area contributed by atoms with Gasteiger partial charge >= 0.3 is 0 Å². The predicted octanol–water partition coefficient (Wildman–Crippen LogP) is 5.31. The van der Waals surface area contributed by atoms with E-state index in [9.17, 15) is 9.59 Å². The van der Waals surface area contributed by atoms with E-state index in [1.54, 1.807) is 55.5 Å². The van der Waals surface area contributed by atoms with Crippen molar-refractivity contribution in [3.05, 3.63) is 88.1 Å². The van der Waals surface area contributed by atoms with Crippen LogP contribution in [0.3, 0.4) is 0 Å². The van der Waals surface area contributed by atoms with Crippen LogP contribution < -0.4 is 20.1 Å². The topological polar surface area (TPSA) is 89.8 Å². The quantitative estimate of drug-likeness (QED) is 0.419. The maximum atomic E-state index is 13.0. The zero-order chi connectivity index (χ0) is 22.9. The number of rotatable bonds is 5. The minimum Gasteiger partial charge on any atom is -0.454 e. The van der Waals surface area contributed by atoms with Gasteiger partial charge in [0.05, 0.1) is 11.3 Å². The van der Waals surface area contributed by atoms with Crippen LogP contribution in [0.5, 0.6) is 11.5 Å². The average Bonchev–Trinajstić information content (AvgIpc) is 3.42. The van der Waals surface area contributed by atoms with Crippen molar-refractivity contribution < 1.29 is 23.5 Å². The van der Waals surface area contributed by atoms with E-state index in [0.29, 0.717) is 45.5 Å². The van der Waals surface area contributed by atoms with Crippen LogP contribution in [0.25, 0.3) is 11.0 Å². The number of amides is 2. The maximum absolute atomic E-state index is 13.0. The molecule has 1 aromatic heterocycles. The second-order valence-corrected chi connectivity index (χ2v) is 8.00. The minimum atomic E-state index is -0.448. The Labute approximate surface area is 194 Å². The van der Waals surface area contributed by atoms with Gasteiger partial charge in [-0.25, -0.2) is 0 Å². The Morgan fingerprint density at radius 3 is 2.67 bits per heavy atom. The van der Waals surface area contributed by atoms with Crippen molar-refractivity contribution in [1.82, 2.24) is 5.32 Å². The summed E-state index contributed by atoms with van der Waals surface area (Å²) in [6, 6.07) is 17.5. The lowest BCUT2D eigenvalue weighted by molar-refractivity contribution is 0.0951. The second kappa shape index (κ2) is 8.52. The Hall–Kier alpha value is -3.97. The zero-order valence-corrected chi connectivity index (χ0v) is 18.4. The standard InChI is InChI=1S/C25H19ClN2O5/c1-14-18-11-16(26)7-9-20(18)33-23(14)25(30)28-19-5-3-2-4-17(19)24(29)27-12-15-6-8-21-22(10-15)32-13-31-21/h2-11H,12-13H2,1H3,(H,27,29)(H,28,30). The van der Waals surface area contributed by atoms with Gasteiger partial charge in [-0.15, -0.1) is 0 Å². The second-order valence-electron chi connectivity index (χ2n) is 7.57. The number of hydrogen-bond acceptors (Lipinski definition) is 5. The van der Waals surface area contributed by atoms with E-state index >= 15 is 0 Å². The molecule has 3 aromatic carbocycles. The van der Waals surface area contributed by atoms with Crippen LogP contribution in [-0.4, -0.2) is 18.6 Å². The number of furan rings is 1. The van der Waals surface area contributed by atoms with Crippen LogP contribution in [-0.2, 0) is 6.54 Å². The van der Waals surface area contributed by atoms with Gasteiger partial charge in [-0.3, -0.25) is 9.59 Å². The molecule has 2 heterocycles. The van der Waals surface area contributed by atoms with E-state index < -0.39 is 5.91 Å². The molecular formula is C25H19ClN2O5. The van der Waals surface area contributed by atoms with Crippen LogP contribution in [0.15, 0.2) is 65.1 Å². The molecule has 0 aliphatic carbocycles. The summed E-state index contributed by atoms with van der Waals surface area (Å²) in [5.41, 5.74) is 2.82. The average molecular weight is 463 g/mol. The molecule has 0 radical (unpaired) electrons. The van der Waals surface area contributed by atoms with Gasteiger partial charge in [-0.2, -0.15) is 0 Å². The SMILES string of the molecule is Cc1c(C(=O)Nc2ccccc2C(=O)NCc2ccc3c(c2)OCO3)oc2ccc(Cl)cc12. The molecule has 4 aromatic rings. The molecule has 33 heavy (non-hydrogen) atoms. The number of fused-ring (bicyclic) bond motifs is 2. The molecule has 0 spiro atoms. The molecule has 1 aliphatic rings. The fourth-order valence-corrected chi connectivity index (χ4v) is 3.88. The highest BCUT2D eigenvalue weighted by molar-refractivity contribution is 6.31. The lowest BCUT2D eigenvalue weighted by atomic mass is 10.1. The summed E-state index contributed by atoms with van der Waals surface area (Å²) in [5.74, 6) is 0.730. The highest BCUT2D eigenvalue weighted by Crippen LogP contribution is 2.32. The van der Waals surface area contributed by atoms with Gasteiger partial charge in [0.2, 0.25) is 6.79 Å². The summed E-state index contributed by atoms with van der Waals surface area (Å²) >= 11 is 6.07. The Bertz CT molecular complexity index is 1400. The first kappa shape index (κ1) is 20.9. The third-order valence-corrected chi connectivity index (χ3v) is 5.65. The molecule has 0 atom stereocenters. The van der Waals surface area contributed by atoms with Crippen molar-refractivity contribution in [3.8, 4) is 11.5 Å². The molecule has 7 nitrogen and oxygen atoms in total. The fourth-order valence-electron chi connectivity index (χ4n) is 3.71. The van der Waals surface area contributed by atoms with Crippen molar-refractivity contribution in [1.29, 1.82) is 0 Å². The van der Waals surface area contributed by atoms with Crippen molar-refractivity contribution in [2.24, 2.45) is 0 Å². The van der Waals surface area contributed by atoms with Crippen LogP contribution in [0.4, 0.5) is 5.69 Å². The Morgan fingerprint density at radius 2 is 1.79 bits per heavy atom. The zero-order valence-electron chi connectivity index (χ0n) is 17.6. The molecule has 0 fully saturated rings. The number of para-hydroxylation sites is 1. The van der Waals surface area contributed by atoms with E-state index in [-0.39, 0.29) is 18.5 Å². The van der Waals surface area contributed by atoms with E-state index in [2.05, 4.69) is 10.6 Å². The highest BCUT2D eigenvalue weighted by atomic mass is 35.5. The minimum absolute atomic E-state index is 0.169. The maximum Gasteiger partial charge on any atom is 0.291 e. The van der Waals surface area contributed by atoms with Crippen LogP contribution in [0.1, 0.15) is 32.0 Å². The van der Waals surface area contributed by atoms with Gasteiger partial charge in [0.1, 0.15) is 5.58 Å². The molecular weight excluding hydrogens is 444 g/mol. The van der Waals surface area contributed by atoms with Crippen molar-refractivity contribution in [2.45, 2.75) is 13.5 Å². The van der Waals surface area contributed by atoms with E-state index in [1.807, 2.05) is 12.1 Å². The predicted molar refractivity (Wildman–Crippen MR) is 124 cm³/mol. The van der Waals surface area contributed by atoms with Gasteiger partial charge in [-0.05, 0) is 55.0 Å². The van der Waals surface area contributed by atoms with Gasteiger partial charge in [0, 0.05) is 22.5 Å². The lowest BCUT2D eigenvalue weighted by Crippen LogP contribution is -2.25. The molecule has 2 N–H and O–H groups in total. The summed E-state index contributed by atoms with van der Waals surface area (Å²) in [5, 5.41) is 6.99. The number of hydrogen-bond donors (Lipinski definition) is 2. The molecule has 5 rings (SSSR count). The summed E-state index contributed by atoms with van der Waals surface area (Å²) < 4.78 is 16.4. The third-order valence-electron chi connectivity index (χ3n) is 5.41. The largest absolute Gasteiger partial charge is 0.454 e. The van der Waals surface area contributed by atoms with E-state index in [1.165, 1.54) is 0 Å². The Balaban J connectivity index is 1.33. The van der Waals surface area contributed by atoms with Crippen molar-refractivity contribution in [2.75, 3.05) is 12.1 Å². The number of anilines is 1. The van der Waals surface area contributed by atoms with Crippen molar-refractivity contribution >= 4 is 40.1 Å². The van der Waals surface area contributed by atoms with Gasteiger partial charge in [0.25, 0.3) is 11.8 Å². The van der Waals surface area contributed by atoms with Gasteiger partial charge < -0.3 is 24.5 Å². The van der Waals surface area contributed by atoms with Gasteiger partial charge in [-0.1, -0.05) is 29.8 Å². The number of nitrogens with one attached hydrogen (secondary N) is 2.